The van der Waals surface area contributed by atoms with E-state index < -0.39 is 0 Å². The first-order chi connectivity index (χ1) is 25.3. The molecular weight excluding hydrogens is 637 g/mol. The summed E-state index contributed by atoms with van der Waals surface area (Å²) in [4.78, 5) is 2.54. The Morgan fingerprint density at radius 2 is 0.922 bits per heavy atom. The highest BCUT2D eigenvalue weighted by Gasteiger charge is 2.25. The monoisotopic (exact) mass is 664 g/mol. The summed E-state index contributed by atoms with van der Waals surface area (Å²) in [5.41, 5.74) is 7.29. The van der Waals surface area contributed by atoms with Gasteiger partial charge in [0.15, 0.2) is 0 Å². The molecule has 12 rings (SSSR count). The lowest BCUT2D eigenvalue weighted by molar-refractivity contribution is 1.32. The van der Waals surface area contributed by atoms with Gasteiger partial charge in [-0.15, -0.1) is 11.3 Å². The van der Waals surface area contributed by atoms with Gasteiger partial charge in [0.05, 0.1) is 32.6 Å². The van der Waals surface area contributed by atoms with Crippen LogP contribution >= 0.6 is 11.3 Å². The van der Waals surface area contributed by atoms with Crippen molar-refractivity contribution in [3.8, 4) is 0 Å². The lowest BCUT2D eigenvalue weighted by atomic mass is 9.94. The van der Waals surface area contributed by atoms with Crippen LogP contribution in [-0.2, 0) is 0 Å². The fraction of sp³-hybridized carbons (Fsp3) is 0. The molecule has 0 fully saturated rings. The molecule has 0 spiro atoms. The summed E-state index contributed by atoms with van der Waals surface area (Å²) in [6, 6.07) is 62.9. The molecule has 3 heteroatoms. The summed E-state index contributed by atoms with van der Waals surface area (Å²) in [5, 5.41) is 15.4. The number of rotatable bonds is 3. The highest BCUT2D eigenvalue weighted by atomic mass is 32.1. The molecular formula is C48H28N2S. The number of para-hydroxylation sites is 2. The van der Waals surface area contributed by atoms with Crippen LogP contribution in [0.3, 0.4) is 0 Å². The van der Waals surface area contributed by atoms with E-state index in [1.807, 2.05) is 11.3 Å². The first kappa shape index (κ1) is 27.4. The maximum atomic E-state index is 2.54. The molecule has 0 N–H and O–H groups in total. The first-order valence-electron chi connectivity index (χ1n) is 17.5. The van der Waals surface area contributed by atoms with Gasteiger partial charge in [-0.1, -0.05) is 127 Å². The number of thiophene rings is 1. The maximum Gasteiger partial charge on any atom is 0.0640 e. The average molecular weight is 665 g/mol. The lowest BCUT2D eigenvalue weighted by Gasteiger charge is -2.27. The van der Waals surface area contributed by atoms with Gasteiger partial charge in [0.1, 0.15) is 0 Å². The number of aromatic nitrogens is 1. The Bertz CT molecular complexity index is 3350. The fourth-order valence-corrected chi connectivity index (χ4v) is 10.2. The molecule has 0 aliphatic heterocycles. The quantitative estimate of drug-likeness (QED) is 0.171. The molecule has 236 valence electrons. The lowest BCUT2D eigenvalue weighted by Crippen LogP contribution is -2.10. The van der Waals surface area contributed by atoms with Gasteiger partial charge < -0.3 is 9.30 Å². The summed E-state index contributed by atoms with van der Waals surface area (Å²) in [5.74, 6) is 0. The van der Waals surface area contributed by atoms with Gasteiger partial charge in [0, 0.05) is 42.7 Å². The third kappa shape index (κ3) is 3.60. The second kappa shape index (κ2) is 10.1. The highest BCUT2D eigenvalue weighted by molar-refractivity contribution is 7.26. The van der Waals surface area contributed by atoms with Crippen molar-refractivity contribution in [2.45, 2.75) is 0 Å². The predicted molar refractivity (Wildman–Crippen MR) is 221 cm³/mol. The van der Waals surface area contributed by atoms with E-state index in [-0.39, 0.29) is 0 Å². The first-order valence-corrected chi connectivity index (χ1v) is 18.3. The predicted octanol–water partition coefficient (Wildman–Crippen LogP) is 14.1. The van der Waals surface area contributed by atoms with Crippen LogP contribution in [0.5, 0.6) is 0 Å². The third-order valence-corrected chi connectivity index (χ3v) is 12.3. The van der Waals surface area contributed by atoms with Crippen molar-refractivity contribution in [3.05, 3.63) is 170 Å². The SMILES string of the molecule is c1ccc2c(c1)sc1c(N(c3ccc4c5ccccc5c5ccccc5c4c3)c3cccc4c3c3cccc5c6ccccc6n4c53)cccc12. The van der Waals surface area contributed by atoms with Crippen LogP contribution in [0.4, 0.5) is 17.1 Å². The van der Waals surface area contributed by atoms with Crippen LogP contribution in [0.1, 0.15) is 0 Å². The van der Waals surface area contributed by atoms with E-state index in [0.717, 1.165) is 5.69 Å². The largest absolute Gasteiger partial charge is 0.308 e. The molecule has 0 bridgehead atoms. The van der Waals surface area contributed by atoms with Gasteiger partial charge in [0.2, 0.25) is 0 Å². The Hall–Kier alpha value is -6.42. The zero-order chi connectivity index (χ0) is 33.2. The number of fused-ring (bicyclic) bond motifs is 15. The van der Waals surface area contributed by atoms with E-state index in [1.54, 1.807) is 0 Å². The average Bonchev–Trinajstić information content (AvgIpc) is 3.86. The zero-order valence-corrected chi connectivity index (χ0v) is 28.3. The highest BCUT2D eigenvalue weighted by Crippen LogP contribution is 2.50. The van der Waals surface area contributed by atoms with Gasteiger partial charge in [0.25, 0.3) is 0 Å². The second-order valence-electron chi connectivity index (χ2n) is 13.6. The topological polar surface area (TPSA) is 7.65 Å². The molecule has 3 aromatic heterocycles. The maximum absolute atomic E-state index is 2.54. The fourth-order valence-electron chi connectivity index (χ4n) is 9.00. The molecule has 0 atom stereocenters. The van der Waals surface area contributed by atoms with Crippen molar-refractivity contribution in [1.29, 1.82) is 0 Å². The van der Waals surface area contributed by atoms with E-state index >= 15 is 0 Å². The van der Waals surface area contributed by atoms with Crippen molar-refractivity contribution in [1.82, 2.24) is 4.40 Å². The van der Waals surface area contributed by atoms with E-state index in [0.29, 0.717) is 0 Å². The normalized spacial score (nSPS) is 12.3. The van der Waals surface area contributed by atoms with Crippen molar-refractivity contribution >= 4 is 119 Å². The number of hydrogen-bond donors (Lipinski definition) is 0. The van der Waals surface area contributed by atoms with Crippen molar-refractivity contribution in [2.24, 2.45) is 0 Å². The molecule has 3 heterocycles. The Balaban J connectivity index is 1.24. The number of anilines is 3. The summed E-state index contributed by atoms with van der Waals surface area (Å²) >= 11 is 1.89. The van der Waals surface area contributed by atoms with Crippen molar-refractivity contribution in [3.63, 3.8) is 0 Å². The summed E-state index contributed by atoms with van der Waals surface area (Å²) in [6.45, 7) is 0. The Labute approximate surface area is 296 Å². The number of benzene rings is 9. The van der Waals surface area contributed by atoms with Crippen molar-refractivity contribution in [2.75, 3.05) is 4.90 Å². The van der Waals surface area contributed by atoms with Gasteiger partial charge in [-0.05, 0) is 74.8 Å². The van der Waals surface area contributed by atoms with Crippen LogP contribution in [0.2, 0.25) is 0 Å². The van der Waals surface area contributed by atoms with Crippen LogP contribution in [0.15, 0.2) is 170 Å². The minimum atomic E-state index is 1.15. The van der Waals surface area contributed by atoms with Crippen molar-refractivity contribution < 1.29 is 0 Å². The number of nitrogens with zero attached hydrogens (tertiary/aromatic N) is 2. The molecule has 0 amide bonds. The third-order valence-electron chi connectivity index (χ3n) is 11.1. The Morgan fingerprint density at radius 3 is 1.73 bits per heavy atom. The van der Waals surface area contributed by atoms with E-state index in [9.17, 15) is 0 Å². The Kier molecular flexibility index (Phi) is 5.41. The summed E-state index contributed by atoms with van der Waals surface area (Å²) in [7, 11) is 0. The van der Waals surface area contributed by atoms with Crippen LogP contribution in [-0.4, -0.2) is 4.40 Å². The van der Waals surface area contributed by atoms with Gasteiger partial charge >= 0.3 is 0 Å². The smallest absolute Gasteiger partial charge is 0.0640 e. The molecule has 0 saturated carbocycles. The van der Waals surface area contributed by atoms with E-state index in [2.05, 4.69) is 179 Å². The van der Waals surface area contributed by atoms with Gasteiger partial charge in [-0.25, -0.2) is 0 Å². The Morgan fingerprint density at radius 1 is 0.373 bits per heavy atom. The van der Waals surface area contributed by atoms with Crippen LogP contribution in [0, 0.1) is 0 Å². The molecule has 51 heavy (non-hydrogen) atoms. The summed E-state index contributed by atoms with van der Waals surface area (Å²) in [6.07, 6.45) is 0. The molecule has 9 aromatic carbocycles. The van der Waals surface area contributed by atoms with Gasteiger partial charge in [-0.3, -0.25) is 0 Å². The van der Waals surface area contributed by atoms with E-state index in [1.165, 1.54) is 102 Å². The standard InChI is InChI=1S/C48H28N2S/c1-2-14-32-30(12-1)31-13-3-4-15-33(31)40-28-29(26-27-34(32)40)49(44-24-10-19-38-36-17-6-8-25-45(36)51-48(38)44)42-22-11-23-43-46(42)39-20-9-18-37-35-16-5-7-21-41(35)50(43)47(37)39/h1-28H. The molecule has 0 radical (unpaired) electrons. The summed E-state index contributed by atoms with van der Waals surface area (Å²) < 4.78 is 5.08. The second-order valence-corrected chi connectivity index (χ2v) is 14.7. The van der Waals surface area contributed by atoms with Crippen LogP contribution < -0.4 is 4.90 Å². The minimum Gasteiger partial charge on any atom is -0.308 e. The molecule has 0 aliphatic carbocycles. The molecule has 0 saturated heterocycles. The minimum absolute atomic E-state index is 1.15. The van der Waals surface area contributed by atoms with Gasteiger partial charge in [-0.2, -0.15) is 0 Å². The molecule has 2 nitrogen and oxygen atoms in total. The zero-order valence-electron chi connectivity index (χ0n) is 27.5. The molecule has 0 unspecified atom stereocenters. The van der Waals surface area contributed by atoms with Crippen LogP contribution in [0.25, 0.3) is 90.6 Å². The number of hydrogen-bond acceptors (Lipinski definition) is 2. The van der Waals surface area contributed by atoms with E-state index in [4.69, 9.17) is 0 Å². The molecule has 0 aliphatic rings. The molecule has 12 aromatic rings.